The highest BCUT2D eigenvalue weighted by molar-refractivity contribution is 7.81. The fourth-order valence-electron chi connectivity index (χ4n) is 1.96. The first-order chi connectivity index (χ1) is 8.87. The first kappa shape index (κ1) is 13.6. The van der Waals surface area contributed by atoms with Gasteiger partial charge >= 0.3 is 10.4 Å². The van der Waals surface area contributed by atoms with Crippen LogP contribution in [0.2, 0.25) is 0 Å². The number of nitrogens with two attached hydrogens (primary N) is 1. The van der Waals surface area contributed by atoms with E-state index in [4.69, 9.17) is 15.7 Å². The minimum absolute atomic E-state index is 0.314. The maximum absolute atomic E-state index is 10.6. The summed E-state index contributed by atoms with van der Waals surface area (Å²) in [5.41, 5.74) is 5.23. The Balaban J connectivity index is 2.33. The van der Waals surface area contributed by atoms with Gasteiger partial charge in [0.2, 0.25) is 5.95 Å². The normalized spacial score (nSPS) is 16.4. The zero-order valence-electron chi connectivity index (χ0n) is 10.1. The molecule has 106 valence electrons. The quantitative estimate of drug-likeness (QED) is 0.618. The summed E-state index contributed by atoms with van der Waals surface area (Å²) in [5, 5.41) is 7.67. The van der Waals surface area contributed by atoms with Gasteiger partial charge in [-0.3, -0.25) is 14.2 Å². The van der Waals surface area contributed by atoms with Crippen molar-refractivity contribution in [3.63, 3.8) is 0 Å². The largest absolute Gasteiger partial charge is 0.465 e. The predicted octanol–water partition coefficient (Wildman–Crippen LogP) is -0.834. The fraction of sp³-hybridized carbons (Fsp3) is 0.556. The van der Waals surface area contributed by atoms with Crippen LogP contribution in [-0.2, 0) is 10.4 Å². The van der Waals surface area contributed by atoms with Crippen molar-refractivity contribution in [3.8, 4) is 0 Å². The second-order valence-electron chi connectivity index (χ2n) is 4.20. The molecule has 2 heterocycles. The Bertz CT molecular complexity index is 620. The summed E-state index contributed by atoms with van der Waals surface area (Å²) in [6, 6.07) is 1.34. The van der Waals surface area contributed by atoms with Gasteiger partial charge in [-0.1, -0.05) is 0 Å². The highest BCUT2D eigenvalue weighted by atomic mass is 32.3. The summed E-state index contributed by atoms with van der Waals surface area (Å²) in [7, 11) is -4.75. The van der Waals surface area contributed by atoms with Crippen LogP contribution in [0.4, 0.5) is 11.8 Å². The maximum atomic E-state index is 10.6. The third-order valence-corrected chi connectivity index (χ3v) is 3.11. The molecule has 0 amide bonds. The third-order valence-electron chi connectivity index (χ3n) is 2.77. The minimum atomic E-state index is -4.75. The highest BCUT2D eigenvalue weighted by Crippen LogP contribution is 2.16. The van der Waals surface area contributed by atoms with Crippen LogP contribution in [0.1, 0.15) is 19.3 Å². The van der Waals surface area contributed by atoms with Crippen LogP contribution >= 0.6 is 0 Å². The van der Waals surface area contributed by atoms with E-state index in [1.807, 2.05) is 4.90 Å². The number of nitrogen functional groups attached to an aromatic ring is 1. The number of nitrogens with one attached hydrogen (secondary N) is 1. The second-order valence-corrected chi connectivity index (χ2v) is 5.21. The Morgan fingerprint density at radius 2 is 2.00 bits per heavy atom. The van der Waals surface area contributed by atoms with Crippen molar-refractivity contribution in [2.45, 2.75) is 19.3 Å². The van der Waals surface area contributed by atoms with Crippen LogP contribution in [0.5, 0.6) is 0 Å². The van der Waals surface area contributed by atoms with Gasteiger partial charge in [-0.25, -0.2) is 0 Å². The van der Waals surface area contributed by atoms with Crippen LogP contribution in [0.25, 0.3) is 0 Å². The lowest BCUT2D eigenvalue weighted by Crippen LogP contribution is -2.36. The van der Waals surface area contributed by atoms with Gasteiger partial charge in [0.25, 0.3) is 0 Å². The average Bonchev–Trinajstić information content (AvgIpc) is 2.33. The summed E-state index contributed by atoms with van der Waals surface area (Å²) < 4.78 is 34.4. The van der Waals surface area contributed by atoms with E-state index in [0.717, 1.165) is 32.4 Å². The molecule has 1 saturated heterocycles. The predicted molar refractivity (Wildman–Crippen MR) is 66.7 cm³/mol. The molecule has 0 saturated carbocycles. The molecule has 0 unspecified atom stereocenters. The molecule has 0 radical (unpaired) electrons. The van der Waals surface area contributed by atoms with E-state index in [1.54, 1.807) is 0 Å². The van der Waals surface area contributed by atoms with Crippen molar-refractivity contribution >= 4 is 22.2 Å². The summed E-state index contributed by atoms with van der Waals surface area (Å²) in [4.78, 5) is 5.96. The van der Waals surface area contributed by atoms with Gasteiger partial charge < -0.3 is 10.6 Å². The molecule has 1 aliphatic heterocycles. The lowest BCUT2D eigenvalue weighted by atomic mass is 10.1. The van der Waals surface area contributed by atoms with Gasteiger partial charge in [-0.15, -0.1) is 4.73 Å². The van der Waals surface area contributed by atoms with Crippen molar-refractivity contribution in [1.29, 1.82) is 5.41 Å². The van der Waals surface area contributed by atoms with E-state index in [0.29, 0.717) is 10.5 Å². The standard InChI is InChI=1S/C9H15N5O4S/c10-7-6-8(13-4-2-1-3-5-13)12-9(11)14(7)18-19(15,16)17/h6,10H,1-5H2,(H2,11,12)(H,15,16,17). The summed E-state index contributed by atoms with van der Waals surface area (Å²) in [6.45, 7) is 1.63. The van der Waals surface area contributed by atoms with Gasteiger partial charge in [0.1, 0.15) is 5.82 Å². The summed E-state index contributed by atoms with van der Waals surface area (Å²) >= 11 is 0. The number of hydrogen-bond acceptors (Lipinski definition) is 7. The highest BCUT2D eigenvalue weighted by Gasteiger charge is 2.16. The minimum Gasteiger partial charge on any atom is -0.367 e. The lowest BCUT2D eigenvalue weighted by molar-refractivity contribution is 0.228. The number of nitrogens with zero attached hydrogens (tertiary/aromatic N) is 3. The van der Waals surface area contributed by atoms with E-state index < -0.39 is 10.4 Å². The molecule has 2 rings (SSSR count). The number of anilines is 2. The smallest absolute Gasteiger partial charge is 0.367 e. The molecule has 1 aliphatic rings. The summed E-state index contributed by atoms with van der Waals surface area (Å²) in [6.07, 6.45) is 3.22. The SMILES string of the molecule is N=c1cc(N2CCCCC2)nc(N)n1OS(=O)(=O)O. The monoisotopic (exact) mass is 289 g/mol. The van der Waals surface area contributed by atoms with E-state index >= 15 is 0 Å². The zero-order valence-corrected chi connectivity index (χ0v) is 10.9. The molecule has 0 atom stereocenters. The van der Waals surface area contributed by atoms with Crippen molar-refractivity contribution in [2.24, 2.45) is 0 Å². The second kappa shape index (κ2) is 5.05. The topological polar surface area (TPSA) is 135 Å². The number of aromatic nitrogens is 2. The summed E-state index contributed by atoms with van der Waals surface area (Å²) in [5.74, 6) is 0.183. The number of rotatable bonds is 3. The van der Waals surface area contributed by atoms with Crippen LogP contribution in [-0.4, -0.2) is 35.8 Å². The third kappa shape index (κ3) is 3.35. The van der Waals surface area contributed by atoms with E-state index in [2.05, 4.69) is 9.27 Å². The van der Waals surface area contributed by atoms with Crippen LogP contribution < -0.4 is 20.4 Å². The average molecular weight is 289 g/mol. The Kier molecular flexibility index (Phi) is 3.62. The van der Waals surface area contributed by atoms with Crippen molar-refractivity contribution < 1.29 is 17.3 Å². The maximum Gasteiger partial charge on any atom is 0.465 e. The Morgan fingerprint density at radius 3 is 2.53 bits per heavy atom. The lowest BCUT2D eigenvalue weighted by Gasteiger charge is -2.27. The van der Waals surface area contributed by atoms with Crippen LogP contribution in [0, 0.1) is 5.41 Å². The molecule has 1 fully saturated rings. The van der Waals surface area contributed by atoms with E-state index in [-0.39, 0.29) is 11.4 Å². The number of hydrogen-bond donors (Lipinski definition) is 3. The molecule has 1 aromatic rings. The van der Waals surface area contributed by atoms with Crippen LogP contribution in [0.3, 0.4) is 0 Å². The molecule has 0 aliphatic carbocycles. The first-order valence-corrected chi connectivity index (χ1v) is 7.10. The van der Waals surface area contributed by atoms with Gasteiger partial charge in [-0.05, 0) is 19.3 Å². The molecule has 4 N–H and O–H groups in total. The zero-order chi connectivity index (χ0) is 14.0. The van der Waals surface area contributed by atoms with Gasteiger partial charge in [0, 0.05) is 19.2 Å². The first-order valence-electron chi connectivity index (χ1n) is 5.73. The van der Waals surface area contributed by atoms with Crippen LogP contribution in [0.15, 0.2) is 6.07 Å². The Morgan fingerprint density at radius 1 is 1.37 bits per heavy atom. The molecule has 10 heteroatoms. The molecule has 19 heavy (non-hydrogen) atoms. The molecule has 0 spiro atoms. The Hall–Kier alpha value is -1.81. The number of piperidine rings is 1. The molecular formula is C9H15N5O4S. The molecule has 0 aromatic carbocycles. The van der Waals surface area contributed by atoms with Crippen molar-refractivity contribution in [3.05, 3.63) is 11.6 Å². The van der Waals surface area contributed by atoms with E-state index in [1.165, 1.54) is 6.07 Å². The molecular weight excluding hydrogens is 274 g/mol. The fourth-order valence-corrected chi connectivity index (χ4v) is 2.30. The van der Waals surface area contributed by atoms with Gasteiger partial charge in [0.15, 0.2) is 5.49 Å². The molecule has 9 nitrogen and oxygen atoms in total. The van der Waals surface area contributed by atoms with Gasteiger partial charge in [0.05, 0.1) is 0 Å². The molecule has 0 bridgehead atoms. The van der Waals surface area contributed by atoms with Crippen molar-refractivity contribution in [2.75, 3.05) is 23.7 Å². The van der Waals surface area contributed by atoms with Crippen molar-refractivity contribution in [1.82, 2.24) is 9.71 Å². The van der Waals surface area contributed by atoms with Gasteiger partial charge in [-0.2, -0.15) is 13.4 Å². The molecule has 1 aromatic heterocycles. The van der Waals surface area contributed by atoms with E-state index in [9.17, 15) is 8.42 Å². The Labute approximate surface area is 110 Å².